The minimum atomic E-state index is -5.21. The molecule has 7 heterocycles. The van der Waals surface area contributed by atoms with Crippen LogP contribution in [0.5, 0.6) is 23.0 Å². The van der Waals surface area contributed by atoms with Gasteiger partial charge in [0.15, 0.2) is 17.2 Å². The van der Waals surface area contributed by atoms with Gasteiger partial charge in [0.1, 0.15) is 69.8 Å². The molecule has 0 aliphatic carbocycles. The summed E-state index contributed by atoms with van der Waals surface area (Å²) in [4.78, 5) is 130. The summed E-state index contributed by atoms with van der Waals surface area (Å²) in [5.74, 6) is -12.2. The second kappa shape index (κ2) is 47.9. The van der Waals surface area contributed by atoms with E-state index < -0.39 is 151 Å². The van der Waals surface area contributed by atoms with Gasteiger partial charge in [0.05, 0.1) is 99.5 Å². The third kappa shape index (κ3) is 30.3. The van der Waals surface area contributed by atoms with Crippen LogP contribution in [0, 0.1) is 33.7 Å². The Morgan fingerprint density at radius 1 is 0.327 bits per heavy atom. The van der Waals surface area contributed by atoms with Gasteiger partial charge in [-0.05, 0) is 128 Å². The number of methoxy groups -OCH3 is 1. The van der Waals surface area contributed by atoms with Crippen molar-refractivity contribution in [3.8, 4) is 23.0 Å². The number of alkyl halides is 9. The van der Waals surface area contributed by atoms with Crippen LogP contribution in [0.25, 0.3) is 0 Å². The molecule has 8 amide bonds. The Labute approximate surface area is 868 Å². The number of hydrogen-bond acceptors (Lipinski definition) is 20. The second-order valence-electron chi connectivity index (χ2n) is 30.8. The van der Waals surface area contributed by atoms with Gasteiger partial charge in [-0.3, -0.25) is 59.6 Å². The van der Waals surface area contributed by atoms with Crippen LogP contribution in [-0.4, -0.2) is 197 Å². The molecule has 4 aromatic heterocycles. The smallest absolute Gasteiger partial charge is 0.494 e. The molecule has 11 N–H and O–H groups in total. The number of amides is 8. The van der Waals surface area contributed by atoms with Crippen LogP contribution >= 0.6 is 104 Å². The van der Waals surface area contributed by atoms with Gasteiger partial charge in [0.2, 0.25) is 0 Å². The maximum Gasteiger partial charge on any atom is 0.573 e. The number of pyridine rings is 4. The summed E-state index contributed by atoms with van der Waals surface area (Å²) in [7, 11) is 6.28. The van der Waals surface area contributed by atoms with Gasteiger partial charge >= 0.3 is 19.1 Å². The highest BCUT2D eigenvalue weighted by molar-refractivity contribution is 6.37. The monoisotopic (exact) mass is 2210 g/mol. The summed E-state index contributed by atoms with van der Waals surface area (Å²) in [5, 5.41) is 43.7. The number of nitrogens with one attached hydrogen (secondary N) is 11. The largest absolute Gasteiger partial charge is 0.573 e. The van der Waals surface area contributed by atoms with Gasteiger partial charge in [0.25, 0.3) is 47.3 Å². The predicted octanol–water partition coefficient (Wildman–Crippen LogP) is 22.6. The zero-order chi connectivity index (χ0) is 107. The number of nitrogens with zero attached hydrogens (tertiary/aromatic N) is 9. The standard InChI is InChI=1S/C24H17Cl2F4N5O3.C24H19Cl2F4N5O3.C23H18Cl3N5O3.C23H15Cl2F4N5O3/c25-13-3-5-19(32-11-13)33-23(37)16-9-14(26)10-18(38-24(28,29)30)20(16)34-22(36)15-4-2-12(8-17(15)27)21(31)35-6-1-7-35;1-31-21(35(2)3)12-4-6-15(17(27)8-12)22(36)34-20-16(9-14(26)10-18(20)38-24(28,29)30)23(37)33-19-7-5-13(25)11-32-19;1-34-18-10-14(25)9-16(23(33)29-19-5-3-13(24)11-28-19)20(18)30-22(32)15-4-2-12(8-17(15)26)21(27)31-6-7-31;24-12-2-4-18(31-10-12)32-22(36)15-8-13(25)9-17(37-23(27,28)29)19(15)33-21(35)14-3-1-11(7-16(14)26)20(30)34-5-6-34/h2-5,8-11,31H,1,6-7H2,(H,34,36)(H,32,33,37);4-11H,1-3H3,(H,34,36)(H,32,33,37);2-5,8-11,27H,6-7H2,1H3,(H,30,32)(H,28,29,33);1-4,7-10,30H,5-6H2,(H,33,35)(H,31,32,36). The van der Waals surface area contributed by atoms with Crippen molar-refractivity contribution in [3.63, 3.8) is 0 Å². The molecule has 32 nitrogen and oxygen atoms in total. The Kier molecular flexibility index (Phi) is 36.1. The molecule has 3 fully saturated rings. The van der Waals surface area contributed by atoms with Crippen molar-refractivity contribution in [2.45, 2.75) is 25.5 Å². The lowest BCUT2D eigenvalue weighted by atomic mass is 10.1. The van der Waals surface area contributed by atoms with Crippen molar-refractivity contribution in [1.82, 2.24) is 39.5 Å². The average molecular weight is 2220 g/mol. The van der Waals surface area contributed by atoms with Crippen molar-refractivity contribution in [2.24, 2.45) is 4.99 Å². The van der Waals surface area contributed by atoms with Crippen LogP contribution in [0.15, 0.2) is 200 Å². The summed E-state index contributed by atoms with van der Waals surface area (Å²) < 4.78 is 180. The first kappa shape index (κ1) is 111. The molecule has 147 heavy (non-hydrogen) atoms. The van der Waals surface area contributed by atoms with Gasteiger partial charge in [-0.25, -0.2) is 33.1 Å². The molecule has 12 aromatic rings. The first-order chi connectivity index (χ1) is 69.4. The summed E-state index contributed by atoms with van der Waals surface area (Å²) in [6.07, 6.45) is -9.64. The zero-order valence-corrected chi connectivity index (χ0v) is 82.1. The number of hydrogen-bond donors (Lipinski definition) is 11. The Bertz CT molecular complexity index is 7190. The van der Waals surface area contributed by atoms with Gasteiger partial charge in [-0.15, -0.1) is 39.5 Å². The van der Waals surface area contributed by atoms with Crippen LogP contribution in [0.1, 0.15) is 112 Å². The van der Waals surface area contributed by atoms with E-state index in [2.05, 4.69) is 81.7 Å². The van der Waals surface area contributed by atoms with E-state index in [1.54, 1.807) is 47.0 Å². The van der Waals surface area contributed by atoms with Crippen LogP contribution in [0.3, 0.4) is 0 Å². The molecule has 3 aliphatic heterocycles. The van der Waals surface area contributed by atoms with Gasteiger partial charge in [0, 0.05) is 152 Å². The van der Waals surface area contributed by atoms with E-state index in [0.717, 1.165) is 92.3 Å². The molecule has 0 spiro atoms. The van der Waals surface area contributed by atoms with E-state index in [1.807, 2.05) is 4.90 Å². The molecule has 0 unspecified atom stereocenters. The van der Waals surface area contributed by atoms with E-state index in [0.29, 0.717) is 54.0 Å². The molecular formula is C94H69Cl9F12N20O12. The number of likely N-dealkylation sites (tertiary alicyclic amines) is 1. The number of halogens is 21. The lowest BCUT2D eigenvalue weighted by molar-refractivity contribution is -0.275. The molecule has 0 atom stereocenters. The zero-order valence-electron chi connectivity index (χ0n) is 75.3. The predicted molar refractivity (Wildman–Crippen MR) is 530 cm³/mol. The number of carbonyl (C=O) groups is 8. The van der Waals surface area contributed by atoms with E-state index in [9.17, 15) is 91.0 Å². The van der Waals surface area contributed by atoms with E-state index in [-0.39, 0.29) is 109 Å². The van der Waals surface area contributed by atoms with Crippen molar-refractivity contribution in [1.29, 1.82) is 16.2 Å². The topological polar surface area (TPSA) is 418 Å². The SMILES string of the molecule is CN=C(c1ccc(C(=O)Nc2c(OC(F)(F)F)cc(Cl)cc2C(=O)Nc2ccc(Cl)cn2)c(F)c1)N(C)C.COc1cc(Cl)cc(C(=O)Nc2ccc(Cl)cn2)c1NC(=O)c1ccc(C(=N)N2CC2)cc1Cl.N=C(c1ccc(C(=O)Nc2c(OC(F)(F)F)cc(Cl)cc2C(=O)Nc2ccc(Cl)cn2)c(F)c1)N1CC1.N=C(c1ccc(C(=O)Nc2c(OC(F)(F)F)cc(Cl)cc2C(=O)Nc2ccc(Cl)cn2)c(F)c1)N1CCC1. The molecule has 8 aromatic carbocycles. The van der Waals surface area contributed by atoms with Crippen molar-refractivity contribution in [2.75, 3.05) is 110 Å². The van der Waals surface area contributed by atoms with Gasteiger partial charge in [-0.2, -0.15) is 0 Å². The molecule has 0 saturated carbocycles. The molecule has 3 saturated heterocycles. The Hall–Kier alpha value is -15.0. The van der Waals surface area contributed by atoms with Crippen LogP contribution in [-0.2, 0) is 0 Å². The Morgan fingerprint density at radius 2 is 0.578 bits per heavy atom. The van der Waals surface area contributed by atoms with Crippen LogP contribution in [0.4, 0.5) is 98.7 Å². The highest BCUT2D eigenvalue weighted by Gasteiger charge is 2.39. The number of aromatic nitrogens is 4. The number of anilines is 8. The lowest BCUT2D eigenvalue weighted by Gasteiger charge is -2.33. The maximum absolute atomic E-state index is 14.9. The van der Waals surface area contributed by atoms with Crippen molar-refractivity contribution >= 4 is 221 Å². The van der Waals surface area contributed by atoms with Crippen molar-refractivity contribution in [3.05, 3.63) is 324 Å². The minimum absolute atomic E-state index is 0.000394. The van der Waals surface area contributed by atoms with Gasteiger partial charge in [-0.1, -0.05) is 129 Å². The maximum atomic E-state index is 14.9. The Balaban J connectivity index is 0.000000174. The summed E-state index contributed by atoms with van der Waals surface area (Å²) >= 11 is 53.4. The van der Waals surface area contributed by atoms with Crippen LogP contribution in [0.2, 0.25) is 45.2 Å². The highest BCUT2D eigenvalue weighted by atomic mass is 35.5. The fourth-order valence-corrected chi connectivity index (χ4v) is 14.7. The summed E-state index contributed by atoms with van der Waals surface area (Å²) in [5.41, 5.74) is -3.49. The first-order valence-corrected chi connectivity index (χ1v) is 45.2. The van der Waals surface area contributed by atoms with E-state index in [1.165, 1.54) is 118 Å². The first-order valence-electron chi connectivity index (χ1n) is 41.8. The summed E-state index contributed by atoms with van der Waals surface area (Å²) in [6, 6.07) is 34.6. The van der Waals surface area contributed by atoms with Gasteiger partial charge < -0.3 is 81.1 Å². The molecule has 15 rings (SSSR count). The molecule has 0 bridgehead atoms. The van der Waals surface area contributed by atoms with E-state index in [4.69, 9.17) is 125 Å². The number of rotatable bonds is 24. The average Bonchev–Trinajstić information content (AvgIpc) is 1.80. The highest BCUT2D eigenvalue weighted by Crippen LogP contribution is 2.43. The van der Waals surface area contributed by atoms with Crippen LogP contribution < -0.4 is 61.5 Å². The number of aliphatic imine (C=N–C) groups is 1. The molecule has 53 heteroatoms. The third-order valence-corrected chi connectivity index (χ3v) is 22.3. The fourth-order valence-electron chi connectivity index (χ4n) is 13.2. The molecule has 764 valence electrons. The normalized spacial score (nSPS) is 12.4. The fraction of sp³-hybridized carbons (Fsp3) is 0.149. The second-order valence-corrected chi connectivity index (χ2v) is 34.7. The number of ether oxygens (including phenoxy) is 4. The number of amidine groups is 4. The van der Waals surface area contributed by atoms with Crippen molar-refractivity contribution < 1.29 is 110 Å². The lowest BCUT2D eigenvalue weighted by Crippen LogP contribution is -2.42. The quantitative estimate of drug-likeness (QED) is 0.0116. The third-order valence-electron chi connectivity index (χ3n) is 20.2. The molecule has 0 radical (unpaired) electrons. The van der Waals surface area contributed by atoms with E-state index >= 15 is 0 Å². The molecular weight excluding hydrogens is 2150 g/mol. The minimum Gasteiger partial charge on any atom is -0.494 e. The molecule has 3 aliphatic rings. The number of carbonyl (C=O) groups excluding carboxylic acids is 8. The summed E-state index contributed by atoms with van der Waals surface area (Å²) in [6.45, 7) is 4.25. The number of benzene rings is 8. The Morgan fingerprint density at radius 3 is 0.816 bits per heavy atom.